The highest BCUT2D eigenvalue weighted by Crippen LogP contribution is 2.14. The van der Waals surface area contributed by atoms with Gasteiger partial charge in [-0.05, 0) is 31.8 Å². The quantitative estimate of drug-likeness (QED) is 0.730. The maximum absolute atomic E-state index is 4.43. The molecule has 2 aliphatic rings. The van der Waals surface area contributed by atoms with Crippen LogP contribution in [0.1, 0.15) is 26.2 Å². The summed E-state index contributed by atoms with van der Waals surface area (Å²) in [5.74, 6) is 2.10. The van der Waals surface area contributed by atoms with E-state index in [0.29, 0.717) is 0 Å². The third-order valence-electron chi connectivity index (χ3n) is 3.29. The van der Waals surface area contributed by atoms with Crippen molar-refractivity contribution in [2.75, 3.05) is 32.7 Å². The minimum absolute atomic E-state index is 0.846. The van der Waals surface area contributed by atoms with Crippen molar-refractivity contribution in [3.63, 3.8) is 0 Å². The van der Waals surface area contributed by atoms with Crippen molar-refractivity contribution in [3.8, 4) is 0 Å². The first kappa shape index (κ1) is 9.97. The first-order valence-corrected chi connectivity index (χ1v) is 5.88. The molecule has 1 atom stereocenters. The number of amidine groups is 1. The summed E-state index contributed by atoms with van der Waals surface area (Å²) in [6.45, 7) is 8.18. The van der Waals surface area contributed by atoms with Crippen LogP contribution in [0.2, 0.25) is 0 Å². The lowest BCUT2D eigenvalue weighted by molar-refractivity contribution is 0.342. The molecule has 1 N–H and O–H groups in total. The molecular weight excluding hydrogens is 174 g/mol. The summed E-state index contributed by atoms with van der Waals surface area (Å²) in [7, 11) is 0. The lowest BCUT2D eigenvalue weighted by Crippen LogP contribution is -2.29. The Bertz CT molecular complexity index is 213. The van der Waals surface area contributed by atoms with Crippen LogP contribution in [0.3, 0.4) is 0 Å². The van der Waals surface area contributed by atoms with Gasteiger partial charge in [0, 0.05) is 26.1 Å². The summed E-state index contributed by atoms with van der Waals surface area (Å²) in [6.07, 6.45) is 3.77. The summed E-state index contributed by atoms with van der Waals surface area (Å²) in [5, 5.41) is 3.49. The summed E-state index contributed by atoms with van der Waals surface area (Å²) in [4.78, 5) is 6.96. The molecule has 0 bridgehead atoms. The molecule has 3 heteroatoms. The van der Waals surface area contributed by atoms with Gasteiger partial charge < -0.3 is 10.2 Å². The molecule has 1 saturated heterocycles. The fourth-order valence-corrected chi connectivity index (χ4v) is 2.31. The van der Waals surface area contributed by atoms with Gasteiger partial charge in [-0.1, -0.05) is 6.92 Å². The number of rotatable bonds is 3. The highest BCUT2D eigenvalue weighted by Gasteiger charge is 2.21. The Morgan fingerprint density at radius 3 is 3.14 bits per heavy atom. The van der Waals surface area contributed by atoms with E-state index in [1.807, 2.05) is 0 Å². The maximum atomic E-state index is 4.43. The topological polar surface area (TPSA) is 27.6 Å². The maximum Gasteiger partial charge on any atom is 0.0963 e. The molecule has 0 aromatic rings. The lowest BCUT2D eigenvalue weighted by Gasteiger charge is -2.14. The average molecular weight is 195 g/mol. The fraction of sp³-hybridized carbons (Fsp3) is 0.909. The van der Waals surface area contributed by atoms with E-state index in [1.165, 1.54) is 44.7 Å². The van der Waals surface area contributed by atoms with Crippen LogP contribution in [-0.2, 0) is 0 Å². The van der Waals surface area contributed by atoms with Gasteiger partial charge in [-0.15, -0.1) is 0 Å². The van der Waals surface area contributed by atoms with Crippen molar-refractivity contribution >= 4 is 5.84 Å². The Hall–Kier alpha value is -0.570. The summed E-state index contributed by atoms with van der Waals surface area (Å²) in [6, 6.07) is 0. The third-order valence-corrected chi connectivity index (χ3v) is 3.29. The van der Waals surface area contributed by atoms with Gasteiger partial charge in [0.1, 0.15) is 0 Å². The zero-order chi connectivity index (χ0) is 9.80. The third kappa shape index (κ3) is 2.47. The second-order valence-electron chi connectivity index (χ2n) is 4.36. The largest absolute Gasteiger partial charge is 0.374 e. The molecule has 0 aromatic heterocycles. The Morgan fingerprint density at radius 2 is 2.50 bits per heavy atom. The van der Waals surface area contributed by atoms with Crippen molar-refractivity contribution in [1.29, 1.82) is 0 Å². The van der Waals surface area contributed by atoms with Crippen LogP contribution in [0.15, 0.2) is 4.99 Å². The van der Waals surface area contributed by atoms with E-state index >= 15 is 0 Å². The molecule has 2 aliphatic heterocycles. The molecule has 0 spiro atoms. The molecule has 0 aliphatic carbocycles. The van der Waals surface area contributed by atoms with Crippen LogP contribution in [-0.4, -0.2) is 43.5 Å². The fourth-order valence-electron chi connectivity index (χ4n) is 2.31. The number of hydrogen-bond acceptors (Lipinski definition) is 3. The van der Waals surface area contributed by atoms with Gasteiger partial charge in [-0.25, -0.2) is 0 Å². The van der Waals surface area contributed by atoms with E-state index in [9.17, 15) is 0 Å². The normalized spacial score (nSPS) is 28.1. The highest BCUT2D eigenvalue weighted by atomic mass is 15.1. The van der Waals surface area contributed by atoms with Crippen LogP contribution in [0.25, 0.3) is 0 Å². The van der Waals surface area contributed by atoms with Crippen LogP contribution in [0, 0.1) is 5.92 Å². The van der Waals surface area contributed by atoms with E-state index in [1.54, 1.807) is 0 Å². The second-order valence-corrected chi connectivity index (χ2v) is 4.36. The molecule has 1 fully saturated rings. The van der Waals surface area contributed by atoms with Crippen molar-refractivity contribution < 1.29 is 0 Å². The molecule has 2 heterocycles. The predicted molar refractivity (Wildman–Crippen MR) is 59.8 cm³/mol. The van der Waals surface area contributed by atoms with Crippen LogP contribution in [0.4, 0.5) is 0 Å². The molecule has 2 rings (SSSR count). The molecule has 3 nitrogen and oxygen atoms in total. The average Bonchev–Trinajstić information content (AvgIpc) is 2.86. The minimum atomic E-state index is 0.846. The number of likely N-dealkylation sites (tertiary alicyclic amines) is 1. The Labute approximate surface area is 86.6 Å². The van der Waals surface area contributed by atoms with Crippen molar-refractivity contribution in [1.82, 2.24) is 10.2 Å². The van der Waals surface area contributed by atoms with Gasteiger partial charge in [0.25, 0.3) is 0 Å². The van der Waals surface area contributed by atoms with E-state index < -0.39 is 0 Å². The zero-order valence-electron chi connectivity index (χ0n) is 9.13. The predicted octanol–water partition coefficient (Wildman–Crippen LogP) is 1.11. The van der Waals surface area contributed by atoms with Crippen LogP contribution in [0.5, 0.6) is 0 Å². The van der Waals surface area contributed by atoms with Gasteiger partial charge >= 0.3 is 0 Å². The SMILES string of the molecule is CCN1CCC(CNC2=NCCC2)C1. The van der Waals surface area contributed by atoms with E-state index in [0.717, 1.165) is 19.0 Å². The smallest absolute Gasteiger partial charge is 0.0963 e. The Kier molecular flexibility index (Phi) is 3.40. The zero-order valence-corrected chi connectivity index (χ0v) is 9.13. The van der Waals surface area contributed by atoms with E-state index in [-0.39, 0.29) is 0 Å². The van der Waals surface area contributed by atoms with E-state index in [4.69, 9.17) is 0 Å². The summed E-state index contributed by atoms with van der Waals surface area (Å²) in [5.41, 5.74) is 0. The van der Waals surface area contributed by atoms with Crippen molar-refractivity contribution in [2.24, 2.45) is 10.9 Å². The monoisotopic (exact) mass is 195 g/mol. The molecule has 0 radical (unpaired) electrons. The van der Waals surface area contributed by atoms with Crippen molar-refractivity contribution in [3.05, 3.63) is 0 Å². The van der Waals surface area contributed by atoms with Crippen LogP contribution < -0.4 is 5.32 Å². The minimum Gasteiger partial charge on any atom is -0.374 e. The van der Waals surface area contributed by atoms with Gasteiger partial charge in [-0.2, -0.15) is 0 Å². The second kappa shape index (κ2) is 4.78. The molecule has 14 heavy (non-hydrogen) atoms. The van der Waals surface area contributed by atoms with Crippen LogP contribution >= 0.6 is 0 Å². The van der Waals surface area contributed by atoms with Crippen molar-refractivity contribution in [2.45, 2.75) is 26.2 Å². The molecule has 0 saturated carbocycles. The van der Waals surface area contributed by atoms with E-state index in [2.05, 4.69) is 22.1 Å². The molecule has 1 unspecified atom stereocenters. The highest BCUT2D eigenvalue weighted by molar-refractivity contribution is 5.83. The first-order chi connectivity index (χ1) is 6.88. The van der Waals surface area contributed by atoms with Gasteiger partial charge in [0.15, 0.2) is 0 Å². The lowest BCUT2D eigenvalue weighted by atomic mass is 10.1. The standard InChI is InChI=1S/C11H21N3/c1-2-14-7-5-10(9-14)8-13-11-4-3-6-12-11/h10H,2-9H2,1H3,(H,12,13). The van der Waals surface area contributed by atoms with Gasteiger partial charge in [-0.3, -0.25) is 4.99 Å². The molecule has 0 aromatic carbocycles. The number of aliphatic imine (C=N–C) groups is 1. The number of nitrogens with zero attached hydrogens (tertiary/aromatic N) is 2. The Morgan fingerprint density at radius 1 is 1.57 bits per heavy atom. The van der Waals surface area contributed by atoms with Gasteiger partial charge in [0.05, 0.1) is 5.84 Å². The number of hydrogen-bond donors (Lipinski definition) is 1. The first-order valence-electron chi connectivity index (χ1n) is 5.88. The van der Waals surface area contributed by atoms with Gasteiger partial charge in [0.2, 0.25) is 0 Å². The molecule has 0 amide bonds. The number of nitrogens with one attached hydrogen (secondary N) is 1. The Balaban J connectivity index is 1.66. The summed E-state index contributed by atoms with van der Waals surface area (Å²) < 4.78 is 0. The molecule has 80 valence electrons. The molecular formula is C11H21N3. The summed E-state index contributed by atoms with van der Waals surface area (Å²) >= 11 is 0.